The molecule has 0 saturated heterocycles. The second kappa shape index (κ2) is 5.57. The Morgan fingerprint density at radius 3 is 2.93 bits per heavy atom. The van der Waals surface area contributed by atoms with Crippen LogP contribution in [0.3, 0.4) is 0 Å². The molecule has 0 aliphatic carbocycles. The number of aryl methyl sites for hydroxylation is 2. The van der Waals surface area contributed by atoms with Gasteiger partial charge in [0.2, 0.25) is 0 Å². The summed E-state index contributed by atoms with van der Waals surface area (Å²) in [7, 11) is 1.88. The second-order valence-electron chi connectivity index (χ2n) is 3.54. The van der Waals surface area contributed by atoms with Gasteiger partial charge in [0.1, 0.15) is 0 Å². The highest BCUT2D eigenvalue weighted by Gasteiger charge is 2.14. The molecule has 0 bridgehead atoms. The fourth-order valence-corrected chi connectivity index (χ4v) is 1.60. The lowest BCUT2D eigenvalue weighted by molar-refractivity contribution is 0.168. The molecule has 0 aliphatic rings. The van der Waals surface area contributed by atoms with Gasteiger partial charge in [-0.15, -0.1) is 11.8 Å². The lowest BCUT2D eigenvalue weighted by Crippen LogP contribution is -1.99. The summed E-state index contributed by atoms with van der Waals surface area (Å²) in [4.78, 5) is 0. The molecule has 82 valence electrons. The van der Waals surface area contributed by atoms with Crippen LogP contribution in [-0.4, -0.2) is 14.9 Å². The van der Waals surface area contributed by atoms with Crippen molar-refractivity contribution in [2.24, 2.45) is 7.05 Å². The zero-order chi connectivity index (χ0) is 11.3. The first kappa shape index (κ1) is 11.8. The van der Waals surface area contributed by atoms with E-state index in [4.69, 9.17) is 0 Å². The third-order valence-corrected chi connectivity index (χ3v) is 2.35. The molecule has 0 radical (unpaired) electrons. The van der Waals surface area contributed by atoms with Crippen molar-refractivity contribution in [1.29, 1.82) is 0 Å². The molecule has 0 aromatic carbocycles. The van der Waals surface area contributed by atoms with Gasteiger partial charge in [-0.25, -0.2) is 0 Å². The Morgan fingerprint density at radius 2 is 2.33 bits per heavy atom. The van der Waals surface area contributed by atoms with Gasteiger partial charge in [-0.05, 0) is 19.8 Å². The number of aliphatic hydroxyl groups excluding tert-OH is 1. The zero-order valence-electron chi connectivity index (χ0n) is 9.62. The zero-order valence-corrected chi connectivity index (χ0v) is 9.62. The minimum atomic E-state index is -0.436. The maximum absolute atomic E-state index is 9.95. The highest BCUT2D eigenvalue weighted by Crippen LogP contribution is 2.21. The predicted molar refractivity (Wildman–Crippen MR) is 60.2 cm³/mol. The Kier molecular flexibility index (Phi) is 4.38. The van der Waals surface area contributed by atoms with Crippen LogP contribution in [0.1, 0.15) is 44.1 Å². The third-order valence-electron chi connectivity index (χ3n) is 2.35. The molecule has 0 fully saturated rings. The molecule has 1 rings (SSSR count). The molecule has 1 atom stereocenters. The summed E-state index contributed by atoms with van der Waals surface area (Å²) >= 11 is 0. The summed E-state index contributed by atoms with van der Waals surface area (Å²) in [6, 6.07) is 0. The van der Waals surface area contributed by atoms with Crippen LogP contribution < -0.4 is 0 Å². The van der Waals surface area contributed by atoms with Crippen molar-refractivity contribution in [3.8, 4) is 11.8 Å². The van der Waals surface area contributed by atoms with Gasteiger partial charge in [-0.3, -0.25) is 4.68 Å². The van der Waals surface area contributed by atoms with Gasteiger partial charge < -0.3 is 5.11 Å². The first-order chi connectivity index (χ1) is 7.19. The summed E-state index contributed by atoms with van der Waals surface area (Å²) in [6.07, 6.45) is 3.72. The van der Waals surface area contributed by atoms with Gasteiger partial charge in [-0.1, -0.05) is 6.92 Å². The highest BCUT2D eigenvalue weighted by molar-refractivity contribution is 5.20. The molecule has 1 aromatic heterocycles. The molecule has 0 saturated carbocycles. The van der Waals surface area contributed by atoms with Crippen molar-refractivity contribution in [2.75, 3.05) is 0 Å². The van der Waals surface area contributed by atoms with Crippen LogP contribution >= 0.6 is 0 Å². The van der Waals surface area contributed by atoms with Crippen molar-refractivity contribution in [3.63, 3.8) is 0 Å². The van der Waals surface area contributed by atoms with Gasteiger partial charge in [0.15, 0.2) is 0 Å². The van der Waals surface area contributed by atoms with Gasteiger partial charge in [0.25, 0.3) is 0 Å². The van der Waals surface area contributed by atoms with Crippen molar-refractivity contribution >= 4 is 0 Å². The summed E-state index contributed by atoms with van der Waals surface area (Å²) in [5.74, 6) is 5.78. The predicted octanol–water partition coefficient (Wildman–Crippen LogP) is 1.82. The topological polar surface area (TPSA) is 38.0 Å². The lowest BCUT2D eigenvalue weighted by atomic mass is 10.0. The fraction of sp³-hybridized carbons (Fsp3) is 0.583. The van der Waals surface area contributed by atoms with Crippen LogP contribution in [0.25, 0.3) is 0 Å². The van der Waals surface area contributed by atoms with E-state index < -0.39 is 6.10 Å². The van der Waals surface area contributed by atoms with Crippen LogP contribution in [0.5, 0.6) is 0 Å². The number of aromatic nitrogens is 2. The smallest absolute Gasteiger partial charge is 0.0832 e. The number of hydrogen-bond donors (Lipinski definition) is 1. The van der Waals surface area contributed by atoms with Crippen LogP contribution in [0.4, 0.5) is 0 Å². The van der Waals surface area contributed by atoms with Crippen LogP contribution in [0, 0.1) is 11.8 Å². The fourth-order valence-electron chi connectivity index (χ4n) is 1.60. The highest BCUT2D eigenvalue weighted by atomic mass is 16.3. The van der Waals surface area contributed by atoms with E-state index in [1.54, 1.807) is 4.68 Å². The van der Waals surface area contributed by atoms with Gasteiger partial charge in [-0.2, -0.15) is 5.10 Å². The van der Waals surface area contributed by atoms with E-state index in [1.807, 2.05) is 27.1 Å². The molecular weight excluding hydrogens is 188 g/mol. The molecule has 1 aromatic rings. The van der Waals surface area contributed by atoms with E-state index in [0.29, 0.717) is 6.42 Å². The monoisotopic (exact) mass is 206 g/mol. The quantitative estimate of drug-likeness (QED) is 0.763. The maximum atomic E-state index is 9.95. The maximum Gasteiger partial charge on any atom is 0.0832 e. The summed E-state index contributed by atoms with van der Waals surface area (Å²) in [5.41, 5.74) is 1.92. The van der Waals surface area contributed by atoms with Gasteiger partial charge in [0, 0.05) is 25.2 Å². The standard InChI is InChI=1S/C12H18N2O/c1-4-6-7-8-12(15)10-9-14(3)13-11(10)5-2/h9,12,15H,5,7-8H2,1-3H3. The SMILES string of the molecule is CC#CCCC(O)c1cn(C)nc1CC. The number of aliphatic hydroxyl groups is 1. The largest absolute Gasteiger partial charge is 0.388 e. The van der Waals surface area contributed by atoms with Crippen molar-refractivity contribution < 1.29 is 5.11 Å². The minimum Gasteiger partial charge on any atom is -0.388 e. The number of rotatable bonds is 4. The number of nitrogens with zero attached hydrogens (tertiary/aromatic N) is 2. The Labute approximate surface area is 91.1 Å². The first-order valence-corrected chi connectivity index (χ1v) is 5.29. The summed E-state index contributed by atoms with van der Waals surface area (Å²) < 4.78 is 1.75. The van der Waals surface area contributed by atoms with E-state index in [9.17, 15) is 5.11 Å². The molecule has 0 spiro atoms. The van der Waals surface area contributed by atoms with Gasteiger partial charge >= 0.3 is 0 Å². The molecule has 0 amide bonds. The average molecular weight is 206 g/mol. The Bertz CT molecular complexity index is 371. The third kappa shape index (κ3) is 3.10. The van der Waals surface area contributed by atoms with E-state index in [2.05, 4.69) is 16.9 Å². The molecule has 3 nitrogen and oxygen atoms in total. The molecule has 3 heteroatoms. The lowest BCUT2D eigenvalue weighted by Gasteiger charge is -2.07. The van der Waals surface area contributed by atoms with Crippen molar-refractivity contribution in [2.45, 2.75) is 39.2 Å². The first-order valence-electron chi connectivity index (χ1n) is 5.29. The van der Waals surface area contributed by atoms with E-state index in [1.165, 1.54) is 0 Å². The van der Waals surface area contributed by atoms with Crippen molar-refractivity contribution in [1.82, 2.24) is 9.78 Å². The molecule has 0 aliphatic heterocycles. The molecule has 1 unspecified atom stereocenters. The van der Waals surface area contributed by atoms with Crippen LogP contribution in [-0.2, 0) is 13.5 Å². The molecule has 1 N–H and O–H groups in total. The van der Waals surface area contributed by atoms with E-state index in [-0.39, 0.29) is 0 Å². The second-order valence-corrected chi connectivity index (χ2v) is 3.54. The minimum absolute atomic E-state index is 0.436. The Morgan fingerprint density at radius 1 is 1.60 bits per heavy atom. The molecule has 15 heavy (non-hydrogen) atoms. The summed E-state index contributed by atoms with van der Waals surface area (Å²) in [5, 5.41) is 14.3. The van der Waals surface area contributed by atoms with Crippen molar-refractivity contribution in [3.05, 3.63) is 17.5 Å². The normalized spacial score (nSPS) is 12.0. The Balaban J connectivity index is 2.70. The van der Waals surface area contributed by atoms with Crippen LogP contribution in [0.15, 0.2) is 6.20 Å². The van der Waals surface area contributed by atoms with Crippen LogP contribution in [0.2, 0.25) is 0 Å². The van der Waals surface area contributed by atoms with E-state index >= 15 is 0 Å². The summed E-state index contributed by atoms with van der Waals surface area (Å²) in [6.45, 7) is 3.86. The average Bonchev–Trinajstić information content (AvgIpc) is 2.60. The molecular formula is C12H18N2O. The molecule has 1 heterocycles. The van der Waals surface area contributed by atoms with Gasteiger partial charge in [0.05, 0.1) is 11.8 Å². The Hall–Kier alpha value is -1.27. The number of hydrogen-bond acceptors (Lipinski definition) is 2. The van der Waals surface area contributed by atoms with E-state index in [0.717, 1.165) is 24.1 Å².